The second kappa shape index (κ2) is 7.83. The third-order valence-corrected chi connectivity index (χ3v) is 5.51. The second-order valence-electron chi connectivity index (χ2n) is 7.82. The lowest BCUT2D eigenvalue weighted by atomic mass is 10.1. The molecule has 5 rings (SSSR count). The summed E-state index contributed by atoms with van der Waals surface area (Å²) in [7, 11) is 0. The van der Waals surface area contributed by atoms with Crippen molar-refractivity contribution in [3.63, 3.8) is 0 Å². The average Bonchev–Trinajstić information content (AvgIpc) is 3.51. The zero-order chi connectivity index (χ0) is 19.6. The van der Waals surface area contributed by atoms with Gasteiger partial charge in [0.2, 0.25) is 0 Å². The molecule has 1 aliphatic heterocycles. The van der Waals surface area contributed by atoms with E-state index in [1.54, 1.807) is 4.52 Å². The lowest BCUT2D eigenvalue weighted by Gasteiger charge is -2.28. The molecule has 7 heteroatoms. The van der Waals surface area contributed by atoms with E-state index < -0.39 is 0 Å². The standard InChI is InChI=1S/C22H25N5O2/c28-22(23-15-17-6-7-17)19-14-20(26-8-10-29-11-9-26)24-21-13-18(25-27(19)21)12-16-4-2-1-3-5-16/h1-5,13-14,17H,6-12,15H2,(H,23,28). The van der Waals surface area contributed by atoms with Crippen LogP contribution in [0.25, 0.3) is 5.65 Å². The topological polar surface area (TPSA) is 71.8 Å². The molecule has 2 fully saturated rings. The third-order valence-electron chi connectivity index (χ3n) is 5.51. The molecule has 1 aliphatic carbocycles. The molecule has 2 aliphatic rings. The molecule has 7 nitrogen and oxygen atoms in total. The highest BCUT2D eigenvalue weighted by molar-refractivity contribution is 5.94. The molecule has 150 valence electrons. The highest BCUT2D eigenvalue weighted by Gasteiger charge is 2.24. The molecule has 1 N–H and O–H groups in total. The molecule has 0 spiro atoms. The fraction of sp³-hybridized carbons (Fsp3) is 0.409. The number of amides is 1. The Labute approximate surface area is 169 Å². The zero-order valence-corrected chi connectivity index (χ0v) is 16.4. The van der Waals surface area contributed by atoms with Crippen molar-refractivity contribution >= 4 is 17.4 Å². The third kappa shape index (κ3) is 4.10. The van der Waals surface area contributed by atoms with Crippen LogP contribution in [0.3, 0.4) is 0 Å². The summed E-state index contributed by atoms with van der Waals surface area (Å²) in [5, 5.41) is 7.78. The van der Waals surface area contributed by atoms with Gasteiger partial charge in [-0.2, -0.15) is 5.10 Å². The Morgan fingerprint density at radius 2 is 1.93 bits per heavy atom. The molecule has 0 bridgehead atoms. The van der Waals surface area contributed by atoms with Crippen LogP contribution in [0, 0.1) is 5.92 Å². The zero-order valence-electron chi connectivity index (χ0n) is 16.4. The first-order valence-corrected chi connectivity index (χ1v) is 10.3. The van der Waals surface area contributed by atoms with Gasteiger partial charge < -0.3 is 15.0 Å². The maximum Gasteiger partial charge on any atom is 0.270 e. The van der Waals surface area contributed by atoms with Gasteiger partial charge in [-0.1, -0.05) is 30.3 Å². The molecular weight excluding hydrogens is 366 g/mol. The number of ether oxygens (including phenoxy) is 1. The first kappa shape index (κ1) is 18.1. The molecule has 3 heterocycles. The van der Waals surface area contributed by atoms with Crippen molar-refractivity contribution in [3.05, 3.63) is 59.4 Å². The normalized spacial score (nSPS) is 16.9. The molecule has 1 saturated heterocycles. The predicted octanol–water partition coefficient (Wildman–Crippen LogP) is 2.30. The number of benzene rings is 1. The van der Waals surface area contributed by atoms with E-state index in [4.69, 9.17) is 14.8 Å². The number of hydrogen-bond donors (Lipinski definition) is 1. The Morgan fingerprint density at radius 3 is 2.69 bits per heavy atom. The minimum Gasteiger partial charge on any atom is -0.378 e. The van der Waals surface area contributed by atoms with Gasteiger partial charge in [0.1, 0.15) is 11.5 Å². The van der Waals surface area contributed by atoms with Gasteiger partial charge in [0.15, 0.2) is 5.65 Å². The Balaban J connectivity index is 1.50. The van der Waals surface area contributed by atoms with Gasteiger partial charge in [0.05, 0.1) is 18.9 Å². The van der Waals surface area contributed by atoms with E-state index in [2.05, 4.69) is 22.3 Å². The van der Waals surface area contributed by atoms with Gasteiger partial charge in [0, 0.05) is 38.2 Å². The average molecular weight is 391 g/mol. The lowest BCUT2D eigenvalue weighted by Crippen LogP contribution is -2.37. The van der Waals surface area contributed by atoms with Crippen LogP contribution >= 0.6 is 0 Å². The number of nitrogens with one attached hydrogen (secondary N) is 1. The lowest BCUT2D eigenvalue weighted by molar-refractivity contribution is 0.0944. The first-order chi connectivity index (χ1) is 14.3. The van der Waals surface area contributed by atoms with Crippen LogP contribution < -0.4 is 10.2 Å². The van der Waals surface area contributed by atoms with Crippen molar-refractivity contribution in [1.29, 1.82) is 0 Å². The molecule has 29 heavy (non-hydrogen) atoms. The largest absolute Gasteiger partial charge is 0.378 e. The number of carbonyl (C=O) groups excluding carboxylic acids is 1. The van der Waals surface area contributed by atoms with Crippen LogP contribution in [-0.4, -0.2) is 53.4 Å². The Kier molecular flexibility index (Phi) is 4.89. The maximum atomic E-state index is 13.0. The summed E-state index contributed by atoms with van der Waals surface area (Å²) < 4.78 is 7.15. The van der Waals surface area contributed by atoms with Crippen molar-refractivity contribution < 1.29 is 9.53 Å². The first-order valence-electron chi connectivity index (χ1n) is 10.3. The fourth-order valence-corrected chi connectivity index (χ4v) is 3.67. The van der Waals surface area contributed by atoms with E-state index >= 15 is 0 Å². The summed E-state index contributed by atoms with van der Waals surface area (Å²) in [5.41, 5.74) is 3.33. The SMILES string of the molecule is O=C(NCC1CC1)c1cc(N2CCOCC2)nc2cc(Cc3ccccc3)nn12. The van der Waals surface area contributed by atoms with Gasteiger partial charge in [-0.3, -0.25) is 4.79 Å². The number of morpholine rings is 1. The summed E-state index contributed by atoms with van der Waals surface area (Å²) in [4.78, 5) is 19.9. The number of carbonyl (C=O) groups is 1. The number of fused-ring (bicyclic) bond motifs is 1. The van der Waals surface area contributed by atoms with Gasteiger partial charge >= 0.3 is 0 Å². The van der Waals surface area contributed by atoms with Crippen LogP contribution in [0.2, 0.25) is 0 Å². The summed E-state index contributed by atoms with van der Waals surface area (Å²) in [6.07, 6.45) is 3.11. The Morgan fingerprint density at radius 1 is 1.14 bits per heavy atom. The van der Waals surface area contributed by atoms with Gasteiger partial charge in [-0.25, -0.2) is 9.50 Å². The van der Waals surface area contributed by atoms with Crippen molar-refractivity contribution in [2.75, 3.05) is 37.7 Å². The van der Waals surface area contributed by atoms with E-state index in [1.807, 2.05) is 30.3 Å². The van der Waals surface area contributed by atoms with E-state index in [0.717, 1.165) is 31.1 Å². The van der Waals surface area contributed by atoms with Crippen LogP contribution in [0.4, 0.5) is 5.82 Å². The van der Waals surface area contributed by atoms with Crippen molar-refractivity contribution in [2.45, 2.75) is 19.3 Å². The molecule has 2 aromatic heterocycles. The Bertz CT molecular complexity index is 1010. The van der Waals surface area contributed by atoms with Crippen LogP contribution in [0.1, 0.15) is 34.6 Å². The highest BCUT2D eigenvalue weighted by atomic mass is 16.5. The smallest absolute Gasteiger partial charge is 0.270 e. The van der Waals surface area contributed by atoms with Crippen LogP contribution in [0.15, 0.2) is 42.5 Å². The maximum absolute atomic E-state index is 13.0. The van der Waals surface area contributed by atoms with Gasteiger partial charge in [0.25, 0.3) is 5.91 Å². The molecule has 0 unspecified atom stereocenters. The van der Waals surface area contributed by atoms with Crippen LogP contribution in [0.5, 0.6) is 0 Å². The van der Waals surface area contributed by atoms with Crippen molar-refractivity contribution in [2.24, 2.45) is 5.92 Å². The van der Waals surface area contributed by atoms with Crippen LogP contribution in [-0.2, 0) is 11.2 Å². The minimum atomic E-state index is -0.0897. The number of aromatic nitrogens is 3. The van der Waals surface area contributed by atoms with Gasteiger partial charge in [-0.15, -0.1) is 0 Å². The van der Waals surface area contributed by atoms with E-state index in [-0.39, 0.29) is 5.91 Å². The summed E-state index contributed by atoms with van der Waals surface area (Å²) in [6.45, 7) is 3.63. The highest BCUT2D eigenvalue weighted by Crippen LogP contribution is 2.27. The summed E-state index contributed by atoms with van der Waals surface area (Å²) in [5.74, 6) is 1.35. The molecule has 1 saturated carbocycles. The predicted molar refractivity (Wildman–Crippen MR) is 110 cm³/mol. The number of anilines is 1. The van der Waals surface area contributed by atoms with Gasteiger partial charge in [-0.05, 0) is 24.3 Å². The molecule has 1 amide bonds. The molecular formula is C22H25N5O2. The molecule has 1 aromatic carbocycles. The molecule has 0 atom stereocenters. The quantitative estimate of drug-likeness (QED) is 0.698. The number of hydrogen-bond acceptors (Lipinski definition) is 5. The summed E-state index contributed by atoms with van der Waals surface area (Å²) >= 11 is 0. The Hall–Kier alpha value is -2.93. The minimum absolute atomic E-state index is 0.0897. The van der Waals surface area contributed by atoms with E-state index in [0.29, 0.717) is 36.9 Å². The molecule has 0 radical (unpaired) electrons. The number of nitrogens with zero attached hydrogens (tertiary/aromatic N) is 4. The second-order valence-corrected chi connectivity index (χ2v) is 7.82. The summed E-state index contributed by atoms with van der Waals surface area (Å²) in [6, 6.07) is 14.1. The number of rotatable bonds is 6. The molecule has 3 aromatic rings. The van der Waals surface area contributed by atoms with Crippen molar-refractivity contribution in [1.82, 2.24) is 19.9 Å². The van der Waals surface area contributed by atoms with Crippen molar-refractivity contribution in [3.8, 4) is 0 Å². The van der Waals surface area contributed by atoms with E-state index in [9.17, 15) is 4.79 Å². The monoisotopic (exact) mass is 391 g/mol. The van der Waals surface area contributed by atoms with E-state index in [1.165, 1.54) is 18.4 Å². The fourth-order valence-electron chi connectivity index (χ4n) is 3.67.